The third-order valence-electron chi connectivity index (χ3n) is 4.06. The number of nitrogens with one attached hydrogen (secondary N) is 2. The summed E-state index contributed by atoms with van der Waals surface area (Å²) < 4.78 is 0. The van der Waals surface area contributed by atoms with E-state index >= 15 is 0 Å². The average Bonchev–Trinajstić information content (AvgIpc) is 2.55. The van der Waals surface area contributed by atoms with Crippen molar-refractivity contribution < 1.29 is 9.59 Å². The van der Waals surface area contributed by atoms with Gasteiger partial charge in [0.05, 0.1) is 11.0 Å². The molecule has 0 aliphatic carbocycles. The molecule has 2 N–H and O–H groups in total. The number of carbonyl (C=O) groups excluding carboxylic acids is 2. The first-order chi connectivity index (χ1) is 12.3. The number of aryl methyl sites for hydroxylation is 4. The van der Waals surface area contributed by atoms with Crippen LogP contribution in [-0.2, 0) is 9.59 Å². The zero-order chi connectivity index (χ0) is 19.3. The fourth-order valence-electron chi connectivity index (χ4n) is 2.80. The van der Waals surface area contributed by atoms with Gasteiger partial charge >= 0.3 is 0 Å². The SMILES string of the molecule is Cc1cccc(NC(=O)CSC(C)C(=O)Nc2c(C)cc(C)cc2C)c1. The molecule has 0 fully saturated rings. The van der Waals surface area contributed by atoms with Gasteiger partial charge in [-0.3, -0.25) is 9.59 Å². The summed E-state index contributed by atoms with van der Waals surface area (Å²) in [5.74, 6) is 0.0327. The van der Waals surface area contributed by atoms with E-state index in [1.165, 1.54) is 17.3 Å². The smallest absolute Gasteiger partial charge is 0.237 e. The van der Waals surface area contributed by atoms with Crippen LogP contribution in [0.15, 0.2) is 36.4 Å². The van der Waals surface area contributed by atoms with E-state index in [0.29, 0.717) is 0 Å². The second-order valence-corrected chi connectivity index (χ2v) is 7.96. The van der Waals surface area contributed by atoms with E-state index in [2.05, 4.69) is 22.8 Å². The van der Waals surface area contributed by atoms with E-state index in [4.69, 9.17) is 0 Å². The molecule has 0 bridgehead atoms. The Balaban J connectivity index is 1.88. The number of hydrogen-bond acceptors (Lipinski definition) is 3. The minimum absolute atomic E-state index is 0.0894. The summed E-state index contributed by atoms with van der Waals surface area (Å²) in [6.45, 7) is 9.81. The number of thioether (sulfide) groups is 1. The highest BCUT2D eigenvalue weighted by atomic mass is 32.2. The average molecular weight is 371 g/mol. The number of anilines is 2. The van der Waals surface area contributed by atoms with Gasteiger partial charge in [-0.2, -0.15) is 0 Å². The molecule has 2 rings (SSSR count). The minimum Gasteiger partial charge on any atom is -0.325 e. The number of benzene rings is 2. The summed E-state index contributed by atoms with van der Waals surface area (Å²) >= 11 is 1.33. The van der Waals surface area contributed by atoms with Crippen LogP contribution in [0.3, 0.4) is 0 Å². The molecule has 0 radical (unpaired) electrons. The highest BCUT2D eigenvalue weighted by Crippen LogP contribution is 2.23. The van der Waals surface area contributed by atoms with Gasteiger partial charge in [0.2, 0.25) is 11.8 Å². The summed E-state index contributed by atoms with van der Waals surface area (Å²) in [4.78, 5) is 24.5. The largest absolute Gasteiger partial charge is 0.325 e. The van der Waals surface area contributed by atoms with Crippen LogP contribution in [0.1, 0.15) is 29.2 Å². The summed E-state index contributed by atoms with van der Waals surface area (Å²) in [5, 5.41) is 5.53. The van der Waals surface area contributed by atoms with E-state index in [1.807, 2.05) is 58.9 Å². The lowest BCUT2D eigenvalue weighted by Gasteiger charge is -2.16. The zero-order valence-electron chi connectivity index (χ0n) is 16.0. The van der Waals surface area contributed by atoms with Crippen molar-refractivity contribution in [1.29, 1.82) is 0 Å². The van der Waals surface area contributed by atoms with Crippen LogP contribution >= 0.6 is 11.8 Å². The van der Waals surface area contributed by atoms with Crippen LogP contribution in [0.25, 0.3) is 0 Å². The number of amides is 2. The van der Waals surface area contributed by atoms with Gasteiger partial charge in [-0.25, -0.2) is 0 Å². The van der Waals surface area contributed by atoms with Gasteiger partial charge in [0.25, 0.3) is 0 Å². The van der Waals surface area contributed by atoms with E-state index < -0.39 is 0 Å². The summed E-state index contributed by atoms with van der Waals surface area (Å²) in [6.07, 6.45) is 0. The molecule has 1 unspecified atom stereocenters. The Kier molecular flexibility index (Phi) is 6.86. The van der Waals surface area contributed by atoms with Gasteiger partial charge in [-0.05, 0) is 63.4 Å². The van der Waals surface area contributed by atoms with Crippen LogP contribution in [-0.4, -0.2) is 22.8 Å². The molecule has 2 aromatic carbocycles. The van der Waals surface area contributed by atoms with Gasteiger partial charge in [0, 0.05) is 11.4 Å². The molecular formula is C21H26N2O2S. The summed E-state index contributed by atoms with van der Waals surface area (Å²) in [7, 11) is 0. The van der Waals surface area contributed by atoms with E-state index in [0.717, 1.165) is 28.1 Å². The Morgan fingerprint density at radius 3 is 2.23 bits per heavy atom. The Hall–Kier alpha value is -2.27. The fraction of sp³-hybridized carbons (Fsp3) is 0.333. The molecule has 26 heavy (non-hydrogen) atoms. The van der Waals surface area contributed by atoms with Crippen LogP contribution in [0, 0.1) is 27.7 Å². The van der Waals surface area contributed by atoms with Crippen LogP contribution in [0.2, 0.25) is 0 Å². The quantitative estimate of drug-likeness (QED) is 0.780. The van der Waals surface area contributed by atoms with Crippen molar-refractivity contribution in [2.45, 2.75) is 39.9 Å². The first kappa shape index (κ1) is 20.0. The van der Waals surface area contributed by atoms with E-state index in [9.17, 15) is 9.59 Å². The molecule has 0 spiro atoms. The molecule has 5 heteroatoms. The number of carbonyl (C=O) groups is 2. The van der Waals surface area contributed by atoms with Crippen molar-refractivity contribution in [3.63, 3.8) is 0 Å². The van der Waals surface area contributed by atoms with Crippen LogP contribution in [0.4, 0.5) is 11.4 Å². The predicted octanol–water partition coefficient (Wildman–Crippen LogP) is 4.62. The topological polar surface area (TPSA) is 58.2 Å². The Bertz CT molecular complexity index is 794. The molecule has 0 saturated carbocycles. The lowest BCUT2D eigenvalue weighted by atomic mass is 10.1. The molecule has 2 amide bonds. The molecule has 2 aromatic rings. The number of hydrogen-bond donors (Lipinski definition) is 2. The summed E-state index contributed by atoms with van der Waals surface area (Å²) in [6, 6.07) is 11.8. The van der Waals surface area contributed by atoms with E-state index in [-0.39, 0.29) is 22.8 Å². The van der Waals surface area contributed by atoms with Gasteiger partial charge in [-0.1, -0.05) is 29.8 Å². The molecule has 0 saturated heterocycles. The number of rotatable bonds is 6. The highest BCUT2D eigenvalue weighted by Gasteiger charge is 2.17. The molecule has 4 nitrogen and oxygen atoms in total. The maximum atomic E-state index is 12.5. The standard InChI is InChI=1S/C21H26N2O2S/c1-13-7-6-8-18(11-13)22-19(24)12-26-17(5)21(25)23-20-15(3)9-14(2)10-16(20)4/h6-11,17H,12H2,1-5H3,(H,22,24)(H,23,25). The lowest BCUT2D eigenvalue weighted by Crippen LogP contribution is -2.25. The second kappa shape index (κ2) is 8.90. The monoisotopic (exact) mass is 370 g/mol. The second-order valence-electron chi connectivity index (χ2n) is 6.63. The normalized spacial score (nSPS) is 11.7. The van der Waals surface area contributed by atoms with Crippen molar-refractivity contribution in [2.75, 3.05) is 16.4 Å². The molecule has 1 atom stereocenters. The van der Waals surface area contributed by atoms with Gasteiger partial charge in [0.1, 0.15) is 0 Å². The van der Waals surface area contributed by atoms with Crippen molar-refractivity contribution in [3.05, 3.63) is 58.7 Å². The summed E-state index contributed by atoms with van der Waals surface area (Å²) in [5.41, 5.74) is 5.99. The molecule has 0 aliphatic heterocycles. The maximum Gasteiger partial charge on any atom is 0.237 e. The van der Waals surface area contributed by atoms with Gasteiger partial charge in [-0.15, -0.1) is 11.8 Å². The van der Waals surface area contributed by atoms with Crippen LogP contribution in [0.5, 0.6) is 0 Å². The van der Waals surface area contributed by atoms with Gasteiger partial charge < -0.3 is 10.6 Å². The third kappa shape index (κ3) is 5.63. The van der Waals surface area contributed by atoms with Crippen molar-refractivity contribution in [3.8, 4) is 0 Å². The van der Waals surface area contributed by atoms with E-state index in [1.54, 1.807) is 0 Å². The van der Waals surface area contributed by atoms with Crippen molar-refractivity contribution >= 4 is 35.0 Å². The Morgan fingerprint density at radius 1 is 0.962 bits per heavy atom. The van der Waals surface area contributed by atoms with Crippen LogP contribution < -0.4 is 10.6 Å². The molecule has 0 heterocycles. The third-order valence-corrected chi connectivity index (χ3v) is 5.20. The highest BCUT2D eigenvalue weighted by molar-refractivity contribution is 8.01. The molecular weight excluding hydrogens is 344 g/mol. The molecule has 138 valence electrons. The minimum atomic E-state index is -0.321. The first-order valence-corrected chi connectivity index (χ1v) is 9.68. The molecule has 0 aromatic heterocycles. The Morgan fingerprint density at radius 2 is 1.62 bits per heavy atom. The fourth-order valence-corrected chi connectivity index (χ4v) is 3.48. The van der Waals surface area contributed by atoms with Crippen molar-refractivity contribution in [1.82, 2.24) is 0 Å². The zero-order valence-corrected chi connectivity index (χ0v) is 16.8. The van der Waals surface area contributed by atoms with Gasteiger partial charge in [0.15, 0.2) is 0 Å². The maximum absolute atomic E-state index is 12.5. The lowest BCUT2D eigenvalue weighted by molar-refractivity contribution is -0.115. The first-order valence-electron chi connectivity index (χ1n) is 8.63. The predicted molar refractivity (Wildman–Crippen MR) is 111 cm³/mol. The Labute approximate surface area is 159 Å². The van der Waals surface area contributed by atoms with Crippen molar-refractivity contribution in [2.24, 2.45) is 0 Å². The molecule has 0 aliphatic rings.